The van der Waals surface area contributed by atoms with Gasteiger partial charge in [-0.3, -0.25) is 4.79 Å². The molecule has 0 fully saturated rings. The van der Waals surface area contributed by atoms with E-state index in [1.54, 1.807) is 19.1 Å². The number of carbonyl (C=O) groups is 1. The Labute approximate surface area is 137 Å². The van der Waals surface area contributed by atoms with Gasteiger partial charge in [-0.1, -0.05) is 23.9 Å². The van der Waals surface area contributed by atoms with Gasteiger partial charge in [0, 0.05) is 30.0 Å². The molecule has 1 aromatic carbocycles. The summed E-state index contributed by atoms with van der Waals surface area (Å²) in [4.78, 5) is 30.4. The number of ether oxygens (including phenoxy) is 1. The minimum atomic E-state index is -0.370. The summed E-state index contributed by atoms with van der Waals surface area (Å²) < 4.78 is 4.65. The standard InChI is InChI=1S/C16H18N2O4S/c1-10-13(7-8-19)14(20)18-16(17-10)23-9-11-3-5-12(6-4-11)15(21)22-2/h3-6,19H,7-9H2,1-2H3,(H,17,18,20). The molecule has 0 saturated heterocycles. The van der Waals surface area contributed by atoms with Crippen LogP contribution in [0.3, 0.4) is 0 Å². The molecule has 0 aliphatic rings. The molecule has 2 rings (SSSR count). The van der Waals surface area contributed by atoms with Crippen molar-refractivity contribution in [1.82, 2.24) is 9.97 Å². The van der Waals surface area contributed by atoms with Crippen LogP contribution in [0, 0.1) is 6.92 Å². The fourth-order valence-electron chi connectivity index (χ4n) is 2.07. The van der Waals surface area contributed by atoms with E-state index in [4.69, 9.17) is 5.11 Å². The van der Waals surface area contributed by atoms with Crippen molar-refractivity contribution in [2.24, 2.45) is 0 Å². The van der Waals surface area contributed by atoms with Crippen LogP contribution in [-0.2, 0) is 16.9 Å². The summed E-state index contributed by atoms with van der Waals surface area (Å²) in [6.45, 7) is 1.68. The molecule has 0 bridgehead atoms. The third kappa shape index (κ3) is 4.43. The van der Waals surface area contributed by atoms with Crippen LogP contribution in [0.5, 0.6) is 0 Å². The van der Waals surface area contributed by atoms with Crippen molar-refractivity contribution < 1.29 is 14.6 Å². The number of rotatable bonds is 6. The number of methoxy groups -OCH3 is 1. The first-order chi connectivity index (χ1) is 11.0. The Balaban J connectivity index is 2.06. The van der Waals surface area contributed by atoms with Crippen LogP contribution in [0.25, 0.3) is 0 Å². The molecule has 1 heterocycles. The van der Waals surface area contributed by atoms with E-state index in [2.05, 4.69) is 14.7 Å². The number of nitrogens with one attached hydrogen (secondary N) is 1. The summed E-state index contributed by atoms with van der Waals surface area (Å²) in [7, 11) is 1.34. The van der Waals surface area contributed by atoms with Gasteiger partial charge in [0.05, 0.1) is 12.7 Å². The van der Waals surface area contributed by atoms with Gasteiger partial charge in [0.25, 0.3) is 5.56 Å². The number of aliphatic hydroxyl groups excluding tert-OH is 1. The number of esters is 1. The molecular weight excluding hydrogens is 316 g/mol. The van der Waals surface area contributed by atoms with Crippen LogP contribution in [0.1, 0.15) is 27.2 Å². The molecule has 6 nitrogen and oxygen atoms in total. The molecule has 122 valence electrons. The number of thioether (sulfide) groups is 1. The number of nitrogens with zero attached hydrogens (tertiary/aromatic N) is 1. The first-order valence-corrected chi connectivity index (χ1v) is 8.04. The van der Waals surface area contributed by atoms with Gasteiger partial charge in [0.15, 0.2) is 5.16 Å². The van der Waals surface area contributed by atoms with Crippen molar-refractivity contribution in [3.8, 4) is 0 Å². The van der Waals surface area contributed by atoms with Crippen molar-refractivity contribution >= 4 is 17.7 Å². The fourth-order valence-corrected chi connectivity index (χ4v) is 2.93. The maximum Gasteiger partial charge on any atom is 0.337 e. The topological polar surface area (TPSA) is 92.3 Å². The summed E-state index contributed by atoms with van der Waals surface area (Å²) in [5.74, 6) is 0.244. The molecule has 0 spiro atoms. The second-order valence-electron chi connectivity index (χ2n) is 4.89. The van der Waals surface area contributed by atoms with Gasteiger partial charge in [-0.15, -0.1) is 0 Å². The van der Waals surface area contributed by atoms with Gasteiger partial charge in [-0.2, -0.15) is 0 Å². The average Bonchev–Trinajstić information content (AvgIpc) is 2.56. The van der Waals surface area contributed by atoms with Crippen LogP contribution >= 0.6 is 11.8 Å². The van der Waals surface area contributed by atoms with Crippen LogP contribution < -0.4 is 5.56 Å². The van der Waals surface area contributed by atoms with Gasteiger partial charge in [-0.05, 0) is 24.6 Å². The van der Waals surface area contributed by atoms with Gasteiger partial charge in [0.1, 0.15) is 0 Å². The molecule has 1 aromatic heterocycles. The van der Waals surface area contributed by atoms with Crippen molar-refractivity contribution in [3.05, 3.63) is 57.0 Å². The Kier molecular flexibility index (Phi) is 5.95. The van der Waals surface area contributed by atoms with Crippen LogP contribution in [0.2, 0.25) is 0 Å². The molecule has 0 unspecified atom stereocenters. The highest BCUT2D eigenvalue weighted by Crippen LogP contribution is 2.19. The fraction of sp³-hybridized carbons (Fsp3) is 0.312. The molecule has 23 heavy (non-hydrogen) atoms. The predicted molar refractivity (Wildman–Crippen MR) is 87.7 cm³/mol. The zero-order chi connectivity index (χ0) is 16.8. The Bertz CT molecular complexity index is 741. The lowest BCUT2D eigenvalue weighted by atomic mass is 10.1. The summed E-state index contributed by atoms with van der Waals surface area (Å²) in [6.07, 6.45) is 0.300. The molecular formula is C16H18N2O4S. The third-order valence-electron chi connectivity index (χ3n) is 3.31. The quantitative estimate of drug-likeness (QED) is 0.474. The Morgan fingerprint density at radius 1 is 1.35 bits per heavy atom. The van der Waals surface area contributed by atoms with E-state index in [0.29, 0.717) is 34.2 Å². The van der Waals surface area contributed by atoms with Crippen molar-refractivity contribution in [2.75, 3.05) is 13.7 Å². The van der Waals surface area contributed by atoms with E-state index < -0.39 is 0 Å². The molecule has 2 N–H and O–H groups in total. The Hall–Kier alpha value is -2.12. The van der Waals surface area contributed by atoms with Gasteiger partial charge < -0.3 is 14.8 Å². The number of aromatic amines is 1. The summed E-state index contributed by atoms with van der Waals surface area (Å²) in [5, 5.41) is 9.48. The number of aryl methyl sites for hydroxylation is 1. The molecule has 0 saturated carbocycles. The molecule has 0 radical (unpaired) electrons. The zero-order valence-corrected chi connectivity index (χ0v) is 13.8. The molecule has 2 aromatic rings. The molecule has 0 aliphatic carbocycles. The predicted octanol–water partition coefficient (Wildman–Crippen LogP) is 1.69. The maximum absolute atomic E-state index is 11.9. The second-order valence-corrected chi connectivity index (χ2v) is 5.85. The van der Waals surface area contributed by atoms with E-state index in [-0.39, 0.29) is 18.1 Å². The largest absolute Gasteiger partial charge is 0.465 e. The van der Waals surface area contributed by atoms with Crippen molar-refractivity contribution in [2.45, 2.75) is 24.3 Å². The zero-order valence-electron chi connectivity index (χ0n) is 13.0. The lowest BCUT2D eigenvalue weighted by molar-refractivity contribution is 0.0600. The molecule has 0 atom stereocenters. The highest BCUT2D eigenvalue weighted by atomic mass is 32.2. The highest BCUT2D eigenvalue weighted by molar-refractivity contribution is 7.98. The number of aromatic nitrogens is 2. The Morgan fingerprint density at radius 2 is 2.04 bits per heavy atom. The van der Waals surface area contributed by atoms with Crippen LogP contribution in [0.15, 0.2) is 34.2 Å². The smallest absolute Gasteiger partial charge is 0.337 e. The van der Waals surface area contributed by atoms with E-state index in [1.165, 1.54) is 18.9 Å². The summed E-state index contributed by atoms with van der Waals surface area (Å²) in [5.41, 5.74) is 2.43. The molecule has 0 aliphatic heterocycles. The number of H-pyrrole nitrogens is 1. The average molecular weight is 334 g/mol. The van der Waals surface area contributed by atoms with E-state index in [1.807, 2.05) is 12.1 Å². The first kappa shape index (κ1) is 17.2. The number of carbonyl (C=O) groups excluding carboxylic acids is 1. The van der Waals surface area contributed by atoms with Crippen molar-refractivity contribution in [1.29, 1.82) is 0 Å². The number of aliphatic hydroxyl groups is 1. The lowest BCUT2D eigenvalue weighted by Gasteiger charge is -2.06. The Morgan fingerprint density at radius 3 is 2.61 bits per heavy atom. The van der Waals surface area contributed by atoms with Crippen LogP contribution in [0.4, 0.5) is 0 Å². The minimum absolute atomic E-state index is 0.0787. The second kappa shape index (κ2) is 7.94. The van der Waals surface area contributed by atoms with Crippen molar-refractivity contribution in [3.63, 3.8) is 0 Å². The third-order valence-corrected chi connectivity index (χ3v) is 4.26. The van der Waals surface area contributed by atoms with Gasteiger partial charge in [0.2, 0.25) is 0 Å². The number of hydrogen-bond acceptors (Lipinski definition) is 6. The lowest BCUT2D eigenvalue weighted by Crippen LogP contribution is -2.18. The number of benzene rings is 1. The SMILES string of the molecule is COC(=O)c1ccc(CSc2nc(C)c(CCO)c(=O)[nH]2)cc1. The maximum atomic E-state index is 11.9. The summed E-state index contributed by atoms with van der Waals surface area (Å²) >= 11 is 1.40. The highest BCUT2D eigenvalue weighted by Gasteiger charge is 2.09. The summed E-state index contributed by atoms with van der Waals surface area (Å²) in [6, 6.07) is 7.08. The molecule has 0 amide bonds. The van der Waals surface area contributed by atoms with E-state index in [9.17, 15) is 9.59 Å². The first-order valence-electron chi connectivity index (χ1n) is 7.06. The van der Waals surface area contributed by atoms with Gasteiger partial charge >= 0.3 is 5.97 Å². The molecule has 7 heteroatoms. The minimum Gasteiger partial charge on any atom is -0.465 e. The normalized spacial score (nSPS) is 10.6. The monoisotopic (exact) mass is 334 g/mol. The van der Waals surface area contributed by atoms with Crippen LogP contribution in [-0.4, -0.2) is 34.8 Å². The van der Waals surface area contributed by atoms with Gasteiger partial charge in [-0.25, -0.2) is 9.78 Å². The van der Waals surface area contributed by atoms with E-state index >= 15 is 0 Å². The van der Waals surface area contributed by atoms with E-state index in [0.717, 1.165) is 5.56 Å². The number of hydrogen-bond donors (Lipinski definition) is 2.